The predicted octanol–water partition coefficient (Wildman–Crippen LogP) is 3.75. The van der Waals surface area contributed by atoms with Gasteiger partial charge in [-0.1, -0.05) is 11.8 Å². The minimum Gasteiger partial charge on any atom is -0.497 e. The van der Waals surface area contributed by atoms with Crippen molar-refractivity contribution >= 4 is 17.7 Å². The monoisotopic (exact) mass is 411 g/mol. The quantitative estimate of drug-likeness (QED) is 0.548. The second kappa shape index (κ2) is 8.57. The fraction of sp³-hybridized carbons (Fsp3) is 0.286. The van der Waals surface area contributed by atoms with Gasteiger partial charge in [-0.3, -0.25) is 9.36 Å². The molecule has 2 heterocycles. The van der Waals surface area contributed by atoms with Gasteiger partial charge in [0.1, 0.15) is 16.7 Å². The van der Waals surface area contributed by atoms with Crippen molar-refractivity contribution in [3.63, 3.8) is 0 Å². The van der Waals surface area contributed by atoms with Crippen molar-refractivity contribution in [1.82, 2.24) is 14.8 Å². The molecule has 0 unspecified atom stereocenters. The Morgan fingerprint density at radius 3 is 2.45 bits per heavy atom. The molecule has 0 N–H and O–H groups in total. The molecule has 2 aromatic carbocycles. The molecule has 0 aliphatic carbocycles. The molecule has 150 valence electrons. The molecule has 7 nitrogen and oxygen atoms in total. The molecule has 1 aliphatic heterocycles. The number of thioether (sulfide) groups is 1. The highest BCUT2D eigenvalue weighted by Gasteiger charge is 2.30. The van der Waals surface area contributed by atoms with Crippen molar-refractivity contribution in [1.29, 1.82) is 0 Å². The van der Waals surface area contributed by atoms with Gasteiger partial charge in [-0.05, 0) is 55.5 Å². The van der Waals surface area contributed by atoms with Gasteiger partial charge in [0.05, 0.1) is 20.3 Å². The highest BCUT2D eigenvalue weighted by molar-refractivity contribution is 8.00. The summed E-state index contributed by atoms with van der Waals surface area (Å²) >= 11 is 1.38. The normalized spacial score (nSPS) is 15.9. The van der Waals surface area contributed by atoms with Gasteiger partial charge >= 0.3 is 5.97 Å². The molecule has 4 rings (SSSR count). The lowest BCUT2D eigenvalue weighted by atomic mass is 10.2. The molecule has 1 atom stereocenters. The average Bonchev–Trinajstić information content (AvgIpc) is 3.35. The van der Waals surface area contributed by atoms with E-state index in [9.17, 15) is 4.79 Å². The van der Waals surface area contributed by atoms with Crippen LogP contribution in [0.2, 0.25) is 0 Å². The van der Waals surface area contributed by atoms with Crippen LogP contribution in [0, 0.1) is 0 Å². The zero-order valence-electron chi connectivity index (χ0n) is 16.2. The number of esters is 1. The Morgan fingerprint density at radius 1 is 1.10 bits per heavy atom. The van der Waals surface area contributed by atoms with Crippen molar-refractivity contribution < 1.29 is 19.0 Å². The number of hydrogen-bond acceptors (Lipinski definition) is 7. The van der Waals surface area contributed by atoms with E-state index in [0.29, 0.717) is 30.6 Å². The first-order chi connectivity index (χ1) is 14.2. The van der Waals surface area contributed by atoms with E-state index in [4.69, 9.17) is 14.2 Å². The highest BCUT2D eigenvalue weighted by Crippen LogP contribution is 2.34. The lowest BCUT2D eigenvalue weighted by Crippen LogP contribution is -2.11. The summed E-state index contributed by atoms with van der Waals surface area (Å²) in [5, 5.41) is 9.15. The zero-order valence-corrected chi connectivity index (χ0v) is 17.0. The molecule has 0 bridgehead atoms. The summed E-state index contributed by atoms with van der Waals surface area (Å²) in [6, 6.07) is 15.4. The molecule has 0 saturated carbocycles. The Hall–Kier alpha value is -3.00. The van der Waals surface area contributed by atoms with E-state index in [1.807, 2.05) is 60.0 Å². The van der Waals surface area contributed by atoms with E-state index in [0.717, 1.165) is 22.7 Å². The average molecular weight is 411 g/mol. The summed E-state index contributed by atoms with van der Waals surface area (Å²) in [5.74, 6) is 2.04. The van der Waals surface area contributed by atoms with Crippen LogP contribution in [0.5, 0.6) is 11.5 Å². The van der Waals surface area contributed by atoms with Crippen molar-refractivity contribution in [3.05, 3.63) is 48.5 Å². The van der Waals surface area contributed by atoms with Crippen molar-refractivity contribution in [2.24, 2.45) is 0 Å². The molecule has 1 fully saturated rings. The molecule has 1 saturated heterocycles. The van der Waals surface area contributed by atoms with Crippen LogP contribution in [0.3, 0.4) is 0 Å². The van der Waals surface area contributed by atoms with Gasteiger partial charge in [0, 0.05) is 17.7 Å². The highest BCUT2D eigenvalue weighted by atomic mass is 32.2. The summed E-state index contributed by atoms with van der Waals surface area (Å²) in [6.45, 7) is 3.00. The van der Waals surface area contributed by atoms with Crippen LogP contribution in [0.1, 0.15) is 13.3 Å². The van der Waals surface area contributed by atoms with Crippen LogP contribution >= 0.6 is 11.8 Å². The minimum absolute atomic E-state index is 0.206. The lowest BCUT2D eigenvalue weighted by molar-refractivity contribution is -0.137. The fourth-order valence-electron chi connectivity index (χ4n) is 3.08. The van der Waals surface area contributed by atoms with Crippen LogP contribution in [-0.2, 0) is 9.53 Å². The van der Waals surface area contributed by atoms with E-state index < -0.39 is 0 Å². The van der Waals surface area contributed by atoms with Crippen LogP contribution < -0.4 is 9.47 Å². The van der Waals surface area contributed by atoms with Gasteiger partial charge in [0.25, 0.3) is 0 Å². The third kappa shape index (κ3) is 4.07. The Bertz CT molecular complexity index is 986. The zero-order chi connectivity index (χ0) is 20.2. The maximum atomic E-state index is 12.0. The Labute approximate surface area is 173 Å². The van der Waals surface area contributed by atoms with Gasteiger partial charge in [0.2, 0.25) is 0 Å². The summed E-state index contributed by atoms with van der Waals surface area (Å²) in [6.07, 6.45) is 0.664. The van der Waals surface area contributed by atoms with Gasteiger partial charge < -0.3 is 14.2 Å². The minimum atomic E-state index is -0.274. The SMILES string of the molecule is CCOc1ccc(-n2c(S[C@@H]3CCOC3=O)nnc2-c2ccc(OC)cc2)cc1. The van der Waals surface area contributed by atoms with Gasteiger partial charge in [-0.2, -0.15) is 0 Å². The van der Waals surface area contributed by atoms with Gasteiger partial charge in [-0.25, -0.2) is 0 Å². The number of rotatable bonds is 7. The summed E-state index contributed by atoms with van der Waals surface area (Å²) in [5.41, 5.74) is 1.78. The number of benzene rings is 2. The first-order valence-electron chi connectivity index (χ1n) is 9.36. The molecule has 1 aliphatic rings. The topological polar surface area (TPSA) is 75.5 Å². The summed E-state index contributed by atoms with van der Waals surface area (Å²) in [4.78, 5) is 12.0. The molecule has 3 aromatic rings. The lowest BCUT2D eigenvalue weighted by Gasteiger charge is -2.12. The molecule has 0 spiro atoms. The van der Waals surface area contributed by atoms with E-state index >= 15 is 0 Å². The Balaban J connectivity index is 1.75. The van der Waals surface area contributed by atoms with Crippen molar-refractivity contribution in [2.45, 2.75) is 23.8 Å². The first-order valence-corrected chi connectivity index (χ1v) is 10.2. The number of nitrogens with zero attached hydrogens (tertiary/aromatic N) is 3. The number of aromatic nitrogens is 3. The Kier molecular flexibility index (Phi) is 5.71. The molecular weight excluding hydrogens is 390 g/mol. The van der Waals surface area contributed by atoms with E-state index in [-0.39, 0.29) is 11.2 Å². The Morgan fingerprint density at radius 2 is 1.83 bits per heavy atom. The van der Waals surface area contributed by atoms with Gasteiger partial charge in [-0.15, -0.1) is 10.2 Å². The van der Waals surface area contributed by atoms with E-state index in [2.05, 4.69) is 10.2 Å². The van der Waals surface area contributed by atoms with Crippen molar-refractivity contribution in [2.75, 3.05) is 20.3 Å². The largest absolute Gasteiger partial charge is 0.497 e. The summed E-state index contributed by atoms with van der Waals surface area (Å²) in [7, 11) is 1.63. The second-order valence-electron chi connectivity index (χ2n) is 6.36. The molecule has 1 aromatic heterocycles. The van der Waals surface area contributed by atoms with Crippen LogP contribution in [0.15, 0.2) is 53.7 Å². The number of hydrogen-bond donors (Lipinski definition) is 0. The smallest absolute Gasteiger partial charge is 0.319 e. The van der Waals surface area contributed by atoms with Crippen LogP contribution in [-0.4, -0.2) is 46.3 Å². The van der Waals surface area contributed by atoms with E-state index in [1.54, 1.807) is 7.11 Å². The van der Waals surface area contributed by atoms with Gasteiger partial charge in [0.15, 0.2) is 11.0 Å². The molecular formula is C21H21N3O4S. The third-order valence-electron chi connectivity index (χ3n) is 4.52. The molecule has 8 heteroatoms. The third-order valence-corrected chi connectivity index (χ3v) is 5.71. The first kappa shape index (κ1) is 19.3. The standard InChI is InChI=1S/C21H21N3O4S/c1-3-27-17-10-6-15(7-11-17)24-19(14-4-8-16(26-2)9-5-14)22-23-21(24)29-18-12-13-28-20(18)25/h4-11,18H,3,12-13H2,1-2H3/t18-/m1/s1. The van der Waals surface area contributed by atoms with E-state index in [1.165, 1.54) is 11.8 Å². The van der Waals surface area contributed by atoms with Crippen LogP contribution in [0.25, 0.3) is 17.1 Å². The van der Waals surface area contributed by atoms with Crippen LogP contribution in [0.4, 0.5) is 0 Å². The summed E-state index contributed by atoms with van der Waals surface area (Å²) < 4.78 is 17.8. The molecule has 0 radical (unpaired) electrons. The maximum absolute atomic E-state index is 12.0. The van der Waals surface area contributed by atoms with Crippen molar-refractivity contribution in [3.8, 4) is 28.6 Å². The maximum Gasteiger partial charge on any atom is 0.319 e. The number of carbonyl (C=O) groups excluding carboxylic acids is 1. The number of carbonyl (C=O) groups is 1. The predicted molar refractivity (Wildman–Crippen MR) is 110 cm³/mol. The molecule has 0 amide bonds. The fourth-order valence-corrected chi connectivity index (χ4v) is 4.09. The number of methoxy groups -OCH3 is 1. The molecule has 29 heavy (non-hydrogen) atoms. The number of cyclic esters (lactones) is 1. The number of ether oxygens (including phenoxy) is 3. The second-order valence-corrected chi connectivity index (χ2v) is 7.53.